The smallest absolute Gasteiger partial charge is 0.252 e. The van der Waals surface area contributed by atoms with Crippen molar-refractivity contribution >= 4 is 27.5 Å². The number of carbonyl (C=O) groups excluding carboxylic acids is 1. The highest BCUT2D eigenvalue weighted by molar-refractivity contribution is 7.98. The zero-order chi connectivity index (χ0) is 17.6. The normalized spacial score (nSPS) is 11.2. The molecule has 6 heteroatoms. The molecule has 2 rings (SSSR count). The Hall–Kier alpha value is -1.79. The van der Waals surface area contributed by atoms with Crippen LogP contribution in [-0.2, 0) is 15.6 Å². The molecule has 2 aromatic rings. The molecule has 1 N–H and O–H groups in total. The molecule has 0 aliphatic heterocycles. The second-order valence-electron chi connectivity index (χ2n) is 5.56. The molecule has 1 amide bonds. The van der Waals surface area contributed by atoms with Crippen LogP contribution in [-0.4, -0.2) is 32.9 Å². The van der Waals surface area contributed by atoms with Crippen molar-refractivity contribution in [3.8, 4) is 0 Å². The van der Waals surface area contributed by atoms with Gasteiger partial charge >= 0.3 is 0 Å². The second kappa shape index (κ2) is 8.35. The van der Waals surface area contributed by atoms with Gasteiger partial charge in [0.15, 0.2) is 9.84 Å². The number of hydrogen-bond donors (Lipinski definition) is 1. The van der Waals surface area contributed by atoms with Crippen LogP contribution in [0.3, 0.4) is 0 Å². The first-order valence-electron chi connectivity index (χ1n) is 7.58. The highest BCUT2D eigenvalue weighted by Crippen LogP contribution is 2.15. The molecule has 0 radical (unpaired) electrons. The van der Waals surface area contributed by atoms with Crippen molar-refractivity contribution in [2.45, 2.75) is 17.6 Å². The summed E-state index contributed by atoms with van der Waals surface area (Å²) < 4.78 is 23.5. The first-order valence-corrected chi connectivity index (χ1v) is 10.6. The number of benzene rings is 2. The molecule has 0 aliphatic rings. The number of rotatable bonds is 7. The van der Waals surface area contributed by atoms with Gasteiger partial charge in [0.2, 0.25) is 0 Å². The zero-order valence-electron chi connectivity index (χ0n) is 13.8. The largest absolute Gasteiger partial charge is 0.351 e. The average Bonchev–Trinajstić information content (AvgIpc) is 2.55. The minimum Gasteiger partial charge on any atom is -0.351 e. The third-order valence-corrected chi connectivity index (χ3v) is 5.64. The van der Waals surface area contributed by atoms with E-state index in [-0.39, 0.29) is 16.4 Å². The Labute approximate surface area is 147 Å². The fourth-order valence-corrected chi connectivity index (χ4v) is 3.89. The van der Waals surface area contributed by atoms with E-state index in [2.05, 4.69) is 36.5 Å². The summed E-state index contributed by atoms with van der Waals surface area (Å²) in [6.45, 7) is 2.55. The first-order chi connectivity index (χ1) is 11.4. The van der Waals surface area contributed by atoms with Crippen molar-refractivity contribution in [3.63, 3.8) is 0 Å². The maximum Gasteiger partial charge on any atom is 0.252 e. The molecule has 0 aromatic heterocycles. The summed E-state index contributed by atoms with van der Waals surface area (Å²) in [5.74, 6) is 1.29. The van der Waals surface area contributed by atoms with E-state index in [4.69, 9.17) is 0 Å². The van der Waals surface area contributed by atoms with Crippen LogP contribution in [0.25, 0.3) is 0 Å². The minimum atomic E-state index is -3.42. The molecule has 0 fully saturated rings. The molecule has 0 saturated carbocycles. The fourth-order valence-electron chi connectivity index (χ4n) is 2.18. The van der Waals surface area contributed by atoms with E-state index < -0.39 is 9.84 Å². The third kappa shape index (κ3) is 5.39. The maximum atomic E-state index is 12.2. The predicted molar refractivity (Wildman–Crippen MR) is 99.2 cm³/mol. The average molecular weight is 364 g/mol. The van der Waals surface area contributed by atoms with Gasteiger partial charge in [-0.1, -0.05) is 42.0 Å². The van der Waals surface area contributed by atoms with Gasteiger partial charge in [-0.3, -0.25) is 4.79 Å². The lowest BCUT2D eigenvalue weighted by Gasteiger charge is -2.09. The molecule has 0 unspecified atom stereocenters. The monoisotopic (exact) mass is 363 g/mol. The molecule has 0 saturated heterocycles. The second-order valence-corrected chi connectivity index (χ2v) is 8.65. The van der Waals surface area contributed by atoms with Crippen LogP contribution in [0, 0.1) is 6.92 Å². The standard InChI is InChI=1S/C18H21NO3S2/c1-14-7-9-15(10-8-14)13-23-12-11-19-18(20)16-5-3-4-6-17(16)24(2,21)22/h3-10H,11-13H2,1-2H3,(H,19,20). The van der Waals surface area contributed by atoms with Crippen molar-refractivity contribution in [3.05, 3.63) is 65.2 Å². The van der Waals surface area contributed by atoms with Crippen LogP contribution < -0.4 is 5.32 Å². The summed E-state index contributed by atoms with van der Waals surface area (Å²) in [5.41, 5.74) is 2.68. The Morgan fingerprint density at radius 2 is 1.75 bits per heavy atom. The lowest BCUT2D eigenvalue weighted by atomic mass is 10.2. The van der Waals surface area contributed by atoms with Crippen molar-refractivity contribution in [2.24, 2.45) is 0 Å². The number of aryl methyl sites for hydroxylation is 1. The molecule has 0 aliphatic carbocycles. The molecule has 0 spiro atoms. The zero-order valence-corrected chi connectivity index (χ0v) is 15.4. The van der Waals surface area contributed by atoms with Gasteiger partial charge in [0, 0.05) is 24.3 Å². The molecule has 0 heterocycles. The lowest BCUT2D eigenvalue weighted by Crippen LogP contribution is -2.27. The van der Waals surface area contributed by atoms with Gasteiger partial charge in [-0.05, 0) is 24.6 Å². The number of nitrogens with one attached hydrogen (secondary N) is 1. The molecule has 128 valence electrons. The molecule has 2 aromatic carbocycles. The van der Waals surface area contributed by atoms with Gasteiger partial charge in [0.1, 0.15) is 0 Å². The summed E-state index contributed by atoms with van der Waals surface area (Å²) in [4.78, 5) is 12.3. The third-order valence-electron chi connectivity index (χ3n) is 3.45. The van der Waals surface area contributed by atoms with Crippen LogP contribution >= 0.6 is 11.8 Å². The Morgan fingerprint density at radius 1 is 1.08 bits per heavy atom. The van der Waals surface area contributed by atoms with Crippen LogP contribution in [0.5, 0.6) is 0 Å². The van der Waals surface area contributed by atoms with Gasteiger partial charge in [0.25, 0.3) is 5.91 Å². The maximum absolute atomic E-state index is 12.2. The lowest BCUT2D eigenvalue weighted by molar-refractivity contribution is 0.0953. The molecule has 4 nitrogen and oxygen atoms in total. The van der Waals surface area contributed by atoms with Crippen LogP contribution in [0.2, 0.25) is 0 Å². The molecular formula is C18H21NO3S2. The topological polar surface area (TPSA) is 63.2 Å². The van der Waals surface area contributed by atoms with Crippen LogP contribution in [0.15, 0.2) is 53.4 Å². The molecule has 24 heavy (non-hydrogen) atoms. The summed E-state index contributed by atoms with van der Waals surface area (Å²) in [5, 5.41) is 2.78. The Kier molecular flexibility index (Phi) is 6.45. The van der Waals surface area contributed by atoms with Crippen molar-refractivity contribution in [2.75, 3.05) is 18.6 Å². The fraction of sp³-hybridized carbons (Fsp3) is 0.278. The molecular weight excluding hydrogens is 342 g/mol. The highest BCUT2D eigenvalue weighted by atomic mass is 32.2. The molecule has 0 bridgehead atoms. The quantitative estimate of drug-likeness (QED) is 0.768. The summed E-state index contributed by atoms with van der Waals surface area (Å²) in [6, 6.07) is 14.6. The highest BCUT2D eigenvalue weighted by Gasteiger charge is 2.17. The minimum absolute atomic E-state index is 0.0646. The Bertz CT molecular complexity index is 799. The first kappa shape index (κ1) is 18.5. The van der Waals surface area contributed by atoms with E-state index >= 15 is 0 Å². The van der Waals surface area contributed by atoms with Crippen LogP contribution in [0.4, 0.5) is 0 Å². The number of amides is 1. The van der Waals surface area contributed by atoms with Crippen molar-refractivity contribution in [1.29, 1.82) is 0 Å². The Balaban J connectivity index is 1.83. The number of carbonyl (C=O) groups is 1. The van der Waals surface area contributed by atoms with Crippen LogP contribution in [0.1, 0.15) is 21.5 Å². The van der Waals surface area contributed by atoms with E-state index in [0.29, 0.717) is 6.54 Å². The SMILES string of the molecule is Cc1ccc(CSCCNC(=O)c2ccccc2S(C)(=O)=O)cc1. The van der Waals surface area contributed by atoms with Gasteiger partial charge < -0.3 is 5.32 Å². The van der Waals surface area contributed by atoms with Gasteiger partial charge in [0.05, 0.1) is 10.5 Å². The van der Waals surface area contributed by atoms with E-state index in [0.717, 1.165) is 17.8 Å². The van der Waals surface area contributed by atoms with E-state index in [9.17, 15) is 13.2 Å². The Morgan fingerprint density at radius 3 is 2.42 bits per heavy atom. The predicted octanol–water partition coefficient (Wildman–Crippen LogP) is 3.06. The van der Waals surface area contributed by atoms with E-state index in [1.165, 1.54) is 23.3 Å². The number of hydrogen-bond acceptors (Lipinski definition) is 4. The summed E-state index contributed by atoms with van der Waals surface area (Å²) in [6.07, 6.45) is 1.11. The van der Waals surface area contributed by atoms with E-state index in [1.807, 2.05) is 0 Å². The number of thioether (sulfide) groups is 1. The summed E-state index contributed by atoms with van der Waals surface area (Å²) in [7, 11) is -3.42. The van der Waals surface area contributed by atoms with Crippen molar-refractivity contribution < 1.29 is 13.2 Å². The van der Waals surface area contributed by atoms with Crippen molar-refractivity contribution in [1.82, 2.24) is 5.32 Å². The van der Waals surface area contributed by atoms with Gasteiger partial charge in [-0.2, -0.15) is 11.8 Å². The van der Waals surface area contributed by atoms with Gasteiger partial charge in [-0.15, -0.1) is 0 Å². The number of sulfone groups is 1. The summed E-state index contributed by atoms with van der Waals surface area (Å²) >= 11 is 1.73. The van der Waals surface area contributed by atoms with Gasteiger partial charge in [-0.25, -0.2) is 8.42 Å². The van der Waals surface area contributed by atoms with E-state index in [1.54, 1.807) is 23.9 Å². The molecule has 0 atom stereocenters.